The van der Waals surface area contributed by atoms with Crippen LogP contribution in [-0.4, -0.2) is 37.6 Å². The summed E-state index contributed by atoms with van der Waals surface area (Å²) in [6, 6.07) is 12.5. The van der Waals surface area contributed by atoms with Crippen molar-refractivity contribution in [2.45, 2.75) is 94.1 Å². The molecule has 7 fully saturated rings. The van der Waals surface area contributed by atoms with Crippen LogP contribution in [0.25, 0.3) is 16.8 Å². The lowest BCUT2D eigenvalue weighted by molar-refractivity contribution is -0.215. The molecule has 216 valence electrons. The monoisotopic (exact) mass is 565 g/mol. The molecule has 1 amide bonds. The quantitative estimate of drug-likeness (QED) is 0.226. The number of alkyl halides is 1. The molecule has 4 bridgehead atoms. The molecule has 1 aromatic carbocycles. The number of nitrogens with zero attached hydrogens (tertiary/aromatic N) is 5. The van der Waals surface area contributed by atoms with E-state index in [1.807, 2.05) is 16.8 Å². The molecule has 4 aromatic rings. The number of halogens is 1. The van der Waals surface area contributed by atoms with Gasteiger partial charge in [-0.25, -0.2) is 9.37 Å². The normalized spacial score (nSPS) is 32.9. The number of anilines is 1. The Hall–Kier alpha value is -3.55. The molecule has 8 heteroatoms. The number of benzene rings is 1. The molecule has 7 saturated carbocycles. The zero-order chi connectivity index (χ0) is 28.2. The number of amides is 1. The van der Waals surface area contributed by atoms with Crippen LogP contribution in [0.3, 0.4) is 0 Å². The Bertz CT molecular complexity index is 1670. The van der Waals surface area contributed by atoms with E-state index in [0.29, 0.717) is 38.1 Å². The highest BCUT2D eigenvalue weighted by molar-refractivity contribution is 5.95. The average Bonchev–Trinajstić information content (AvgIpc) is 3.51. The summed E-state index contributed by atoms with van der Waals surface area (Å²) in [7, 11) is 0. The maximum atomic E-state index is 14.4. The summed E-state index contributed by atoms with van der Waals surface area (Å²) in [5.74, 6) is 2.38. The zero-order valence-corrected chi connectivity index (χ0v) is 23.9. The molecule has 0 radical (unpaired) electrons. The van der Waals surface area contributed by atoms with E-state index in [-0.39, 0.29) is 22.2 Å². The van der Waals surface area contributed by atoms with Gasteiger partial charge in [-0.15, -0.1) is 0 Å². The Labute approximate surface area is 244 Å². The minimum Gasteiger partial charge on any atom is -0.339 e. The van der Waals surface area contributed by atoms with Gasteiger partial charge in [0.25, 0.3) is 0 Å². The standard InChI is InChI=1S/C34H36FN5O2/c35-34-19-32(20-34,21-34)18-28(41)40(26-3-1-2-24(16-26)25-6-14-39-15-13-36-27(39)17-25)22-31-7-10-33(11-8-31,12-9-31)30-37-29(38-42-30)23-4-5-23/h1-3,6,13-17,23H,4-5,7-12,18-22H2. The fraction of sp³-hybridized carbons (Fsp3) is 0.529. The van der Waals surface area contributed by atoms with Gasteiger partial charge < -0.3 is 13.8 Å². The van der Waals surface area contributed by atoms with Crippen LogP contribution in [0.1, 0.15) is 94.7 Å². The van der Waals surface area contributed by atoms with E-state index >= 15 is 0 Å². The molecule has 7 aliphatic carbocycles. The topological polar surface area (TPSA) is 76.5 Å². The lowest BCUT2D eigenvalue weighted by Gasteiger charge is -2.66. The van der Waals surface area contributed by atoms with E-state index < -0.39 is 5.67 Å². The van der Waals surface area contributed by atoms with Gasteiger partial charge in [-0.3, -0.25) is 4.79 Å². The summed E-state index contributed by atoms with van der Waals surface area (Å²) >= 11 is 0. The SMILES string of the molecule is O=C(CC12CC(F)(C1)C2)N(CC12CCC(c3nc(C4CC4)no3)(CC1)CC2)c1cccc(-c2ccn3ccnc3c2)c1. The summed E-state index contributed by atoms with van der Waals surface area (Å²) in [5, 5.41) is 4.32. The van der Waals surface area contributed by atoms with Gasteiger partial charge in [0.1, 0.15) is 11.3 Å². The first-order valence-electron chi connectivity index (χ1n) is 15.7. The van der Waals surface area contributed by atoms with Gasteiger partial charge in [0.2, 0.25) is 11.8 Å². The van der Waals surface area contributed by atoms with Crippen molar-refractivity contribution in [3.63, 3.8) is 0 Å². The molecule has 42 heavy (non-hydrogen) atoms. The van der Waals surface area contributed by atoms with E-state index in [0.717, 1.165) is 72.7 Å². The molecule has 7 nitrogen and oxygen atoms in total. The number of hydrogen-bond donors (Lipinski definition) is 0. The van der Waals surface area contributed by atoms with Crippen molar-refractivity contribution < 1.29 is 13.7 Å². The van der Waals surface area contributed by atoms with Crippen LogP contribution in [0, 0.1) is 10.8 Å². The van der Waals surface area contributed by atoms with Crippen LogP contribution in [0.5, 0.6) is 0 Å². The van der Waals surface area contributed by atoms with Crippen molar-refractivity contribution in [3.05, 3.63) is 66.7 Å². The van der Waals surface area contributed by atoms with Gasteiger partial charge in [0, 0.05) is 48.6 Å². The predicted octanol–water partition coefficient (Wildman–Crippen LogP) is 7.17. The van der Waals surface area contributed by atoms with E-state index in [1.54, 1.807) is 6.20 Å². The second kappa shape index (κ2) is 8.51. The van der Waals surface area contributed by atoms with E-state index in [2.05, 4.69) is 51.4 Å². The minimum atomic E-state index is -1.00. The number of imidazole rings is 1. The molecule has 7 aliphatic rings. The Morgan fingerprint density at radius 1 is 0.976 bits per heavy atom. The molecule has 0 N–H and O–H groups in total. The second-order valence-corrected chi connectivity index (χ2v) is 14.5. The first-order valence-corrected chi connectivity index (χ1v) is 15.7. The fourth-order valence-corrected chi connectivity index (χ4v) is 8.85. The van der Waals surface area contributed by atoms with Gasteiger partial charge in [0.05, 0.1) is 0 Å². The molecular formula is C34H36FN5O2. The van der Waals surface area contributed by atoms with Gasteiger partial charge in [-0.2, -0.15) is 4.98 Å². The Morgan fingerprint density at radius 3 is 2.48 bits per heavy atom. The predicted molar refractivity (Wildman–Crippen MR) is 156 cm³/mol. The smallest absolute Gasteiger partial charge is 0.232 e. The molecule has 3 aromatic heterocycles. The summed E-state index contributed by atoms with van der Waals surface area (Å²) < 4.78 is 22.2. The van der Waals surface area contributed by atoms with E-state index in [4.69, 9.17) is 9.51 Å². The number of pyridine rings is 1. The number of hydrogen-bond acceptors (Lipinski definition) is 5. The third-order valence-electron chi connectivity index (χ3n) is 11.5. The van der Waals surface area contributed by atoms with Crippen molar-refractivity contribution in [3.8, 4) is 11.1 Å². The van der Waals surface area contributed by atoms with Crippen molar-refractivity contribution in [2.24, 2.45) is 10.8 Å². The van der Waals surface area contributed by atoms with Crippen molar-refractivity contribution in [2.75, 3.05) is 11.4 Å². The maximum absolute atomic E-state index is 14.4. The van der Waals surface area contributed by atoms with E-state index in [9.17, 15) is 9.18 Å². The molecule has 0 spiro atoms. The van der Waals surface area contributed by atoms with Gasteiger partial charge in [0.15, 0.2) is 5.82 Å². The van der Waals surface area contributed by atoms with Crippen LogP contribution in [0.4, 0.5) is 10.1 Å². The third kappa shape index (κ3) is 3.89. The molecule has 11 rings (SSSR count). The van der Waals surface area contributed by atoms with Crippen LogP contribution in [0.15, 0.2) is 59.5 Å². The molecule has 3 heterocycles. The minimum absolute atomic E-state index is 0.0105. The summed E-state index contributed by atoms with van der Waals surface area (Å²) in [5.41, 5.74) is 2.90. The van der Waals surface area contributed by atoms with Crippen LogP contribution < -0.4 is 4.90 Å². The third-order valence-corrected chi connectivity index (χ3v) is 11.5. The highest BCUT2D eigenvalue weighted by atomic mass is 19.1. The largest absolute Gasteiger partial charge is 0.339 e. The van der Waals surface area contributed by atoms with Crippen LogP contribution >= 0.6 is 0 Å². The Balaban J connectivity index is 0.998. The zero-order valence-electron chi connectivity index (χ0n) is 23.9. The van der Waals surface area contributed by atoms with Gasteiger partial charge in [-0.05, 0) is 117 Å². The highest BCUT2D eigenvalue weighted by Gasteiger charge is 2.69. The van der Waals surface area contributed by atoms with Crippen LogP contribution in [0.2, 0.25) is 0 Å². The summed E-state index contributed by atoms with van der Waals surface area (Å²) in [6.07, 6.45) is 16.4. The molecule has 0 saturated heterocycles. The number of fused-ring (bicyclic) bond motifs is 4. The second-order valence-electron chi connectivity index (χ2n) is 14.5. The fourth-order valence-electron chi connectivity index (χ4n) is 8.85. The Kier molecular flexibility index (Phi) is 5.07. The lowest BCUT2D eigenvalue weighted by atomic mass is 9.41. The summed E-state index contributed by atoms with van der Waals surface area (Å²) in [4.78, 5) is 25.5. The molecule has 0 unspecified atom stereocenters. The Morgan fingerprint density at radius 2 is 1.74 bits per heavy atom. The van der Waals surface area contributed by atoms with Crippen molar-refractivity contribution >= 4 is 17.2 Å². The van der Waals surface area contributed by atoms with Crippen LogP contribution in [-0.2, 0) is 10.2 Å². The maximum Gasteiger partial charge on any atom is 0.232 e. The number of carbonyl (C=O) groups is 1. The number of carbonyl (C=O) groups excluding carboxylic acids is 1. The highest BCUT2D eigenvalue weighted by Crippen LogP contribution is 2.71. The lowest BCUT2D eigenvalue weighted by Crippen LogP contribution is -2.65. The van der Waals surface area contributed by atoms with Crippen molar-refractivity contribution in [1.82, 2.24) is 19.5 Å². The molecule has 0 aliphatic heterocycles. The van der Waals surface area contributed by atoms with Gasteiger partial charge in [-0.1, -0.05) is 17.3 Å². The first-order chi connectivity index (χ1) is 20.3. The number of aromatic nitrogens is 4. The first kappa shape index (κ1) is 25.0. The molecular weight excluding hydrogens is 529 g/mol. The van der Waals surface area contributed by atoms with Crippen molar-refractivity contribution in [1.29, 1.82) is 0 Å². The number of rotatable bonds is 8. The molecule has 0 atom stereocenters. The average molecular weight is 566 g/mol. The van der Waals surface area contributed by atoms with E-state index in [1.165, 1.54) is 12.8 Å². The summed E-state index contributed by atoms with van der Waals surface area (Å²) in [6.45, 7) is 0.707. The van der Waals surface area contributed by atoms with Gasteiger partial charge >= 0.3 is 0 Å².